The zero-order chi connectivity index (χ0) is 10.8. The third-order valence-corrected chi connectivity index (χ3v) is 3.02. The molecule has 1 aliphatic rings. The van der Waals surface area contributed by atoms with Gasteiger partial charge in [0.2, 0.25) is 0 Å². The van der Waals surface area contributed by atoms with Gasteiger partial charge in [-0.1, -0.05) is 6.07 Å². The highest BCUT2D eigenvalue weighted by Gasteiger charge is 2.23. The highest BCUT2D eigenvalue weighted by Crippen LogP contribution is 2.35. The number of hydrogen-bond donors (Lipinski definition) is 2. The molecule has 0 saturated carbocycles. The Morgan fingerprint density at radius 3 is 3.00 bits per heavy atom. The molecule has 0 saturated heterocycles. The minimum Gasteiger partial charge on any atom is -0.497 e. The summed E-state index contributed by atoms with van der Waals surface area (Å²) in [4.78, 5) is 0. The first-order valence-electron chi connectivity index (χ1n) is 5.39. The van der Waals surface area contributed by atoms with Gasteiger partial charge in [0.25, 0.3) is 0 Å². The maximum Gasteiger partial charge on any atom is 0.120 e. The van der Waals surface area contributed by atoms with Gasteiger partial charge in [-0.25, -0.2) is 0 Å². The van der Waals surface area contributed by atoms with E-state index >= 15 is 0 Å². The molecule has 2 rings (SSSR count). The summed E-state index contributed by atoms with van der Waals surface area (Å²) in [6.45, 7) is 2.90. The van der Waals surface area contributed by atoms with Crippen molar-refractivity contribution in [1.29, 1.82) is 0 Å². The lowest BCUT2D eigenvalue weighted by atomic mass is 9.87. The normalized spacial score (nSPS) is 24.2. The monoisotopic (exact) mass is 206 g/mol. The summed E-state index contributed by atoms with van der Waals surface area (Å²) in [6.07, 6.45) is 1.11. The van der Waals surface area contributed by atoms with Crippen LogP contribution >= 0.6 is 0 Å². The van der Waals surface area contributed by atoms with E-state index in [1.165, 1.54) is 11.3 Å². The SMILES string of the molecule is COc1ccc2c(c1)NC(C)CC2CN. The van der Waals surface area contributed by atoms with Gasteiger partial charge < -0.3 is 15.8 Å². The van der Waals surface area contributed by atoms with Gasteiger partial charge in [0.05, 0.1) is 7.11 Å². The molecule has 0 amide bonds. The first-order valence-corrected chi connectivity index (χ1v) is 5.39. The summed E-state index contributed by atoms with van der Waals surface area (Å²) in [5.41, 5.74) is 8.28. The molecule has 1 aromatic carbocycles. The van der Waals surface area contributed by atoms with Gasteiger partial charge in [-0.15, -0.1) is 0 Å². The van der Waals surface area contributed by atoms with Crippen LogP contribution in [0.2, 0.25) is 0 Å². The second-order valence-electron chi connectivity index (χ2n) is 4.17. The van der Waals surface area contributed by atoms with Gasteiger partial charge >= 0.3 is 0 Å². The van der Waals surface area contributed by atoms with Crippen molar-refractivity contribution < 1.29 is 4.74 Å². The Labute approximate surface area is 90.6 Å². The van der Waals surface area contributed by atoms with Gasteiger partial charge in [-0.05, 0) is 31.5 Å². The van der Waals surface area contributed by atoms with Gasteiger partial charge in [0, 0.05) is 23.7 Å². The molecule has 3 nitrogen and oxygen atoms in total. The smallest absolute Gasteiger partial charge is 0.120 e. The van der Waals surface area contributed by atoms with Crippen molar-refractivity contribution >= 4 is 5.69 Å². The predicted molar refractivity (Wildman–Crippen MR) is 62.5 cm³/mol. The summed E-state index contributed by atoms with van der Waals surface area (Å²) in [6, 6.07) is 6.65. The lowest BCUT2D eigenvalue weighted by Gasteiger charge is -2.30. The number of ether oxygens (including phenoxy) is 1. The largest absolute Gasteiger partial charge is 0.497 e. The van der Waals surface area contributed by atoms with E-state index in [1.54, 1.807) is 7.11 Å². The van der Waals surface area contributed by atoms with Crippen LogP contribution in [0.25, 0.3) is 0 Å². The van der Waals surface area contributed by atoms with Gasteiger partial charge in [0.1, 0.15) is 5.75 Å². The van der Waals surface area contributed by atoms with Crippen LogP contribution in [-0.4, -0.2) is 19.7 Å². The molecule has 3 heteroatoms. The minimum absolute atomic E-state index is 0.474. The number of nitrogens with two attached hydrogens (primary N) is 1. The summed E-state index contributed by atoms with van der Waals surface area (Å²) >= 11 is 0. The number of hydrogen-bond acceptors (Lipinski definition) is 3. The standard InChI is InChI=1S/C12H18N2O/c1-8-5-9(7-13)11-4-3-10(15-2)6-12(11)14-8/h3-4,6,8-9,14H,5,7,13H2,1-2H3. The third-order valence-electron chi connectivity index (χ3n) is 3.02. The maximum atomic E-state index is 5.79. The summed E-state index contributed by atoms with van der Waals surface area (Å²) in [7, 11) is 1.69. The second kappa shape index (κ2) is 4.11. The Bertz CT molecular complexity index is 351. The first-order chi connectivity index (χ1) is 7.24. The average Bonchev–Trinajstić information content (AvgIpc) is 2.26. The summed E-state index contributed by atoms with van der Waals surface area (Å²) in [5.74, 6) is 1.37. The fourth-order valence-corrected chi connectivity index (χ4v) is 2.24. The van der Waals surface area contributed by atoms with Crippen LogP contribution in [0.4, 0.5) is 5.69 Å². The average molecular weight is 206 g/mol. The summed E-state index contributed by atoms with van der Waals surface area (Å²) in [5, 5.41) is 3.46. The Morgan fingerprint density at radius 1 is 1.53 bits per heavy atom. The molecule has 2 atom stereocenters. The van der Waals surface area contributed by atoms with Crippen molar-refractivity contribution in [1.82, 2.24) is 0 Å². The molecular weight excluding hydrogens is 188 g/mol. The quantitative estimate of drug-likeness (QED) is 0.777. The number of methoxy groups -OCH3 is 1. The van der Waals surface area contributed by atoms with Crippen LogP contribution in [0.5, 0.6) is 5.75 Å². The van der Waals surface area contributed by atoms with E-state index in [-0.39, 0.29) is 0 Å². The fourth-order valence-electron chi connectivity index (χ4n) is 2.24. The Kier molecular flexibility index (Phi) is 2.82. The molecule has 15 heavy (non-hydrogen) atoms. The molecule has 1 aromatic rings. The molecule has 82 valence electrons. The first kappa shape index (κ1) is 10.3. The van der Waals surface area contributed by atoms with Gasteiger partial charge in [0.15, 0.2) is 0 Å². The topological polar surface area (TPSA) is 47.3 Å². The van der Waals surface area contributed by atoms with Crippen LogP contribution in [0.1, 0.15) is 24.8 Å². The molecule has 0 bridgehead atoms. The lowest BCUT2D eigenvalue weighted by molar-refractivity contribution is 0.414. The van der Waals surface area contributed by atoms with E-state index in [2.05, 4.69) is 18.3 Å². The molecule has 0 fully saturated rings. The van der Waals surface area contributed by atoms with Crippen molar-refractivity contribution in [2.75, 3.05) is 19.0 Å². The highest BCUT2D eigenvalue weighted by atomic mass is 16.5. The number of anilines is 1. The molecule has 0 aromatic heterocycles. The third kappa shape index (κ3) is 1.92. The van der Waals surface area contributed by atoms with E-state index in [9.17, 15) is 0 Å². The zero-order valence-electron chi connectivity index (χ0n) is 9.29. The highest BCUT2D eigenvalue weighted by molar-refractivity contribution is 5.59. The molecule has 1 heterocycles. The van der Waals surface area contributed by atoms with E-state index in [4.69, 9.17) is 10.5 Å². The molecule has 0 spiro atoms. The van der Waals surface area contributed by atoms with Crippen LogP contribution < -0.4 is 15.8 Å². The van der Waals surface area contributed by atoms with E-state index in [1.807, 2.05) is 12.1 Å². The maximum absolute atomic E-state index is 5.79. The number of rotatable bonds is 2. The molecule has 0 radical (unpaired) electrons. The van der Waals surface area contributed by atoms with E-state index in [0.29, 0.717) is 18.5 Å². The Balaban J connectivity index is 2.37. The molecule has 3 N–H and O–H groups in total. The van der Waals surface area contributed by atoms with Crippen LogP contribution in [-0.2, 0) is 0 Å². The molecular formula is C12H18N2O. The Morgan fingerprint density at radius 2 is 2.33 bits per heavy atom. The zero-order valence-corrected chi connectivity index (χ0v) is 9.29. The Hall–Kier alpha value is -1.22. The van der Waals surface area contributed by atoms with Crippen molar-refractivity contribution in [2.24, 2.45) is 5.73 Å². The summed E-state index contributed by atoms with van der Waals surface area (Å²) < 4.78 is 5.21. The lowest BCUT2D eigenvalue weighted by Crippen LogP contribution is -2.28. The molecule has 0 aliphatic carbocycles. The molecule has 2 unspecified atom stereocenters. The number of nitrogens with one attached hydrogen (secondary N) is 1. The fraction of sp³-hybridized carbons (Fsp3) is 0.500. The van der Waals surface area contributed by atoms with Crippen molar-refractivity contribution in [2.45, 2.75) is 25.3 Å². The number of fused-ring (bicyclic) bond motifs is 1. The van der Waals surface area contributed by atoms with Crippen LogP contribution in [0.3, 0.4) is 0 Å². The second-order valence-corrected chi connectivity index (χ2v) is 4.17. The van der Waals surface area contributed by atoms with Gasteiger partial charge in [-0.3, -0.25) is 0 Å². The van der Waals surface area contributed by atoms with E-state index < -0.39 is 0 Å². The van der Waals surface area contributed by atoms with Crippen molar-refractivity contribution in [3.8, 4) is 5.75 Å². The van der Waals surface area contributed by atoms with Crippen molar-refractivity contribution in [3.63, 3.8) is 0 Å². The van der Waals surface area contributed by atoms with E-state index in [0.717, 1.165) is 12.2 Å². The van der Waals surface area contributed by atoms with Crippen molar-refractivity contribution in [3.05, 3.63) is 23.8 Å². The number of benzene rings is 1. The predicted octanol–water partition coefficient (Wildman–Crippen LogP) is 1.94. The van der Waals surface area contributed by atoms with Crippen LogP contribution in [0.15, 0.2) is 18.2 Å². The van der Waals surface area contributed by atoms with Crippen LogP contribution in [0, 0.1) is 0 Å². The molecule has 1 aliphatic heterocycles. The minimum atomic E-state index is 0.474. The van der Waals surface area contributed by atoms with Gasteiger partial charge in [-0.2, -0.15) is 0 Å².